The van der Waals surface area contributed by atoms with Gasteiger partial charge < -0.3 is 4.99 Å². The first-order valence-electron chi connectivity index (χ1n) is 8.61. The Morgan fingerprint density at radius 2 is 1.32 bits per heavy atom. The van der Waals surface area contributed by atoms with E-state index in [1.165, 1.54) is 16.3 Å². The first-order valence-corrected chi connectivity index (χ1v) is 8.61. The average Bonchev–Trinajstić information content (AvgIpc) is 2.64. The maximum atomic E-state index is 4.43. The van der Waals surface area contributed by atoms with Crippen LogP contribution in [-0.4, -0.2) is 6.21 Å². The van der Waals surface area contributed by atoms with Crippen molar-refractivity contribution in [2.75, 3.05) is 0 Å². The first kappa shape index (κ1) is 23.1. The fourth-order valence-electron chi connectivity index (χ4n) is 2.21. The Kier molecular flexibility index (Phi) is 11.6. The second kappa shape index (κ2) is 12.5. The number of hydrogen-bond acceptors (Lipinski definition) is 1. The monoisotopic (exact) mass is 501 g/mol. The van der Waals surface area contributed by atoms with Crippen molar-refractivity contribution in [3.8, 4) is 0 Å². The SMILES string of the molecule is CC.CC.[CH2-]c1ccccc1N=[C-]c1cc2ccccc2cc1C.[W+2]. The largest absolute Gasteiger partial charge is 2.00 e. The van der Waals surface area contributed by atoms with Gasteiger partial charge in [-0.3, -0.25) is 0 Å². The molecule has 3 rings (SSSR count). The van der Waals surface area contributed by atoms with Gasteiger partial charge in [0.15, 0.2) is 0 Å². The van der Waals surface area contributed by atoms with Crippen molar-refractivity contribution in [2.24, 2.45) is 4.99 Å². The molecule has 25 heavy (non-hydrogen) atoms. The third-order valence-corrected chi connectivity index (χ3v) is 3.38. The molecule has 0 aliphatic carbocycles. The summed E-state index contributed by atoms with van der Waals surface area (Å²) in [4.78, 5) is 4.43. The molecule has 0 amide bonds. The van der Waals surface area contributed by atoms with Crippen LogP contribution in [0.2, 0.25) is 0 Å². The fraction of sp³-hybridized carbons (Fsp3) is 0.217. The number of para-hydroxylation sites is 1. The van der Waals surface area contributed by atoms with Gasteiger partial charge in [0, 0.05) is 0 Å². The molecule has 0 saturated carbocycles. The summed E-state index contributed by atoms with van der Waals surface area (Å²) in [7, 11) is 0. The van der Waals surface area contributed by atoms with Crippen LogP contribution in [-0.2, 0) is 21.1 Å². The molecule has 0 fully saturated rings. The molecule has 0 saturated heterocycles. The van der Waals surface area contributed by atoms with E-state index in [9.17, 15) is 0 Å². The molecule has 0 aromatic heterocycles. The fourth-order valence-corrected chi connectivity index (χ4v) is 2.21. The summed E-state index contributed by atoms with van der Waals surface area (Å²) in [6.07, 6.45) is 3.15. The second-order valence-corrected chi connectivity index (χ2v) is 4.87. The standard InChI is InChI=1S/C19H15N.2C2H6.W/c1-14-7-3-6-10-19(14)20-13-18-12-17-9-5-4-8-16(17)11-15(18)2;2*1-2;/h3-12H,1H2,2H3;2*1-2H3;/q-2;;;+2. The number of fused-ring (bicyclic) bond motifs is 1. The van der Waals surface area contributed by atoms with E-state index in [1.54, 1.807) is 0 Å². The third-order valence-electron chi connectivity index (χ3n) is 3.38. The Bertz CT molecular complexity index is 791. The van der Waals surface area contributed by atoms with Gasteiger partial charge in [0.05, 0.1) is 0 Å². The number of rotatable bonds is 2. The number of hydrogen-bond donors (Lipinski definition) is 0. The number of nitrogens with zero attached hydrogens (tertiary/aromatic N) is 1. The Morgan fingerprint density at radius 1 is 0.800 bits per heavy atom. The Hall–Kier alpha value is -1.85. The summed E-state index contributed by atoms with van der Waals surface area (Å²) in [5, 5.41) is 2.45. The Labute approximate surface area is 167 Å². The van der Waals surface area contributed by atoms with Gasteiger partial charge in [-0.1, -0.05) is 82.5 Å². The van der Waals surface area contributed by atoms with Crippen LogP contribution in [0.1, 0.15) is 44.4 Å². The van der Waals surface area contributed by atoms with Gasteiger partial charge in [-0.05, 0) is 17.3 Å². The molecule has 0 aliphatic heterocycles. The molecule has 2 heteroatoms. The zero-order chi connectivity index (χ0) is 17.9. The van der Waals surface area contributed by atoms with E-state index in [0.29, 0.717) is 0 Å². The molecule has 130 valence electrons. The van der Waals surface area contributed by atoms with Gasteiger partial charge in [0.1, 0.15) is 0 Å². The number of aryl methyl sites for hydroxylation is 1. The molecule has 0 atom stereocenters. The summed E-state index contributed by atoms with van der Waals surface area (Å²) < 4.78 is 0. The van der Waals surface area contributed by atoms with Gasteiger partial charge in [-0.15, -0.1) is 23.3 Å². The van der Waals surface area contributed by atoms with Crippen LogP contribution >= 0.6 is 0 Å². The summed E-state index contributed by atoms with van der Waals surface area (Å²) in [6.45, 7) is 14.1. The van der Waals surface area contributed by atoms with Crippen LogP contribution in [0.3, 0.4) is 0 Å². The number of aliphatic imine (C=N–C) groups is 1. The molecule has 0 N–H and O–H groups in total. The average molecular weight is 501 g/mol. The smallest absolute Gasteiger partial charge is 0.353 e. The molecule has 0 radical (unpaired) electrons. The molecular weight excluding hydrogens is 474 g/mol. The van der Waals surface area contributed by atoms with Crippen LogP contribution in [0.4, 0.5) is 5.69 Å². The minimum absolute atomic E-state index is 0. The van der Waals surface area contributed by atoms with Gasteiger partial charge in [0.25, 0.3) is 0 Å². The molecule has 0 bridgehead atoms. The molecule has 1 nitrogen and oxygen atoms in total. The van der Waals surface area contributed by atoms with Crippen molar-refractivity contribution >= 4 is 22.7 Å². The van der Waals surface area contributed by atoms with Crippen LogP contribution in [0.15, 0.2) is 65.7 Å². The van der Waals surface area contributed by atoms with E-state index in [0.717, 1.165) is 16.8 Å². The van der Waals surface area contributed by atoms with Crippen molar-refractivity contribution < 1.29 is 21.1 Å². The topological polar surface area (TPSA) is 12.4 Å². The van der Waals surface area contributed by atoms with Crippen molar-refractivity contribution in [1.82, 2.24) is 0 Å². The normalized spacial score (nSPS) is 9.48. The van der Waals surface area contributed by atoms with Crippen molar-refractivity contribution in [3.63, 3.8) is 0 Å². The molecular formula is C23H27NW. The van der Waals surface area contributed by atoms with Gasteiger partial charge in [-0.2, -0.15) is 18.6 Å². The van der Waals surface area contributed by atoms with Crippen molar-refractivity contribution in [3.05, 3.63) is 84.3 Å². The first-order chi connectivity index (χ1) is 11.7. The molecule has 0 unspecified atom stereocenters. The Balaban J connectivity index is 0.00000108. The van der Waals surface area contributed by atoms with Crippen molar-refractivity contribution in [2.45, 2.75) is 34.6 Å². The van der Waals surface area contributed by atoms with Crippen LogP contribution in [0, 0.1) is 13.8 Å². The quantitative estimate of drug-likeness (QED) is 0.265. The van der Waals surface area contributed by atoms with E-state index < -0.39 is 0 Å². The summed E-state index contributed by atoms with van der Waals surface area (Å²) in [5.74, 6) is 0. The zero-order valence-corrected chi connectivity index (χ0v) is 18.8. The van der Waals surface area contributed by atoms with Crippen molar-refractivity contribution in [1.29, 1.82) is 0 Å². The molecule has 0 heterocycles. The third kappa shape index (κ3) is 6.52. The van der Waals surface area contributed by atoms with E-state index in [2.05, 4.69) is 55.4 Å². The predicted octanol–water partition coefficient (Wildman–Crippen LogP) is 7.01. The second-order valence-electron chi connectivity index (χ2n) is 4.87. The minimum Gasteiger partial charge on any atom is -0.353 e. The predicted molar refractivity (Wildman–Crippen MR) is 108 cm³/mol. The maximum Gasteiger partial charge on any atom is 2.00 e. The van der Waals surface area contributed by atoms with E-state index in [4.69, 9.17) is 0 Å². The summed E-state index contributed by atoms with van der Waals surface area (Å²) in [5.41, 5.74) is 3.97. The number of benzene rings is 3. The summed E-state index contributed by atoms with van der Waals surface area (Å²) in [6, 6.07) is 20.4. The molecule has 0 spiro atoms. The molecule has 3 aromatic rings. The minimum atomic E-state index is 0. The van der Waals surface area contributed by atoms with E-state index >= 15 is 0 Å². The zero-order valence-electron chi connectivity index (χ0n) is 15.8. The summed E-state index contributed by atoms with van der Waals surface area (Å²) >= 11 is 0. The molecule has 3 aromatic carbocycles. The maximum absolute atomic E-state index is 4.43. The van der Waals surface area contributed by atoms with Crippen LogP contribution in [0.5, 0.6) is 0 Å². The molecule has 0 aliphatic rings. The van der Waals surface area contributed by atoms with Crippen LogP contribution < -0.4 is 0 Å². The van der Waals surface area contributed by atoms with Crippen LogP contribution in [0.25, 0.3) is 10.8 Å². The van der Waals surface area contributed by atoms with E-state index in [-0.39, 0.29) is 21.1 Å². The van der Waals surface area contributed by atoms with Gasteiger partial charge >= 0.3 is 21.1 Å². The van der Waals surface area contributed by atoms with E-state index in [1.807, 2.05) is 58.0 Å². The van der Waals surface area contributed by atoms with Gasteiger partial charge in [-0.25, -0.2) is 0 Å². The Morgan fingerprint density at radius 3 is 1.92 bits per heavy atom. The van der Waals surface area contributed by atoms with Gasteiger partial charge in [0.2, 0.25) is 0 Å².